The lowest BCUT2D eigenvalue weighted by molar-refractivity contribution is 0.171. The molecule has 0 bridgehead atoms. The monoisotopic (exact) mass is 456 g/mol. The second-order valence-electron chi connectivity index (χ2n) is 8.64. The Balaban J connectivity index is 1.57. The lowest BCUT2D eigenvalue weighted by Gasteiger charge is -2.19. The molecule has 0 aliphatic carbocycles. The van der Waals surface area contributed by atoms with E-state index in [1.165, 1.54) is 5.56 Å². The summed E-state index contributed by atoms with van der Waals surface area (Å²) in [6, 6.07) is 17.6. The predicted molar refractivity (Wildman–Crippen MR) is 133 cm³/mol. The van der Waals surface area contributed by atoms with Crippen LogP contribution in [0.4, 0.5) is 0 Å². The van der Waals surface area contributed by atoms with Gasteiger partial charge in [0.25, 0.3) is 0 Å². The molecule has 0 fully saturated rings. The van der Waals surface area contributed by atoms with E-state index in [0.29, 0.717) is 53.6 Å². The van der Waals surface area contributed by atoms with Crippen LogP contribution < -0.4 is 19.6 Å². The highest BCUT2D eigenvalue weighted by Gasteiger charge is 2.19. The highest BCUT2D eigenvalue weighted by atomic mass is 16.6. The molecule has 174 valence electrons. The summed E-state index contributed by atoms with van der Waals surface area (Å²) in [5.41, 5.74) is 5.10. The van der Waals surface area contributed by atoms with Crippen LogP contribution in [0.2, 0.25) is 0 Å². The van der Waals surface area contributed by atoms with Gasteiger partial charge in [-0.25, -0.2) is 0 Å². The molecule has 0 saturated carbocycles. The molecule has 5 rings (SSSR count). The van der Waals surface area contributed by atoms with Crippen LogP contribution in [0, 0.1) is 13.8 Å². The molecule has 0 N–H and O–H groups in total. The molecule has 0 atom stereocenters. The first-order chi connectivity index (χ1) is 16.5. The third kappa shape index (κ3) is 4.14. The van der Waals surface area contributed by atoms with E-state index in [4.69, 9.17) is 18.6 Å². The zero-order chi connectivity index (χ0) is 23.7. The Hall–Kier alpha value is -3.73. The van der Waals surface area contributed by atoms with Crippen molar-refractivity contribution in [2.75, 3.05) is 13.2 Å². The second kappa shape index (κ2) is 9.26. The van der Waals surface area contributed by atoms with Crippen LogP contribution in [-0.4, -0.2) is 13.2 Å². The van der Waals surface area contributed by atoms with Crippen molar-refractivity contribution in [3.05, 3.63) is 87.3 Å². The maximum absolute atomic E-state index is 13.6. The van der Waals surface area contributed by atoms with Crippen molar-refractivity contribution in [1.29, 1.82) is 0 Å². The van der Waals surface area contributed by atoms with Gasteiger partial charge in [0, 0.05) is 6.07 Å². The molecular formula is C29H28O5. The molecular weight excluding hydrogens is 428 g/mol. The van der Waals surface area contributed by atoms with Gasteiger partial charge < -0.3 is 18.6 Å². The van der Waals surface area contributed by atoms with Gasteiger partial charge in [0.2, 0.25) is 5.43 Å². The number of aryl methyl sites for hydroxylation is 3. The molecule has 1 aliphatic rings. The van der Waals surface area contributed by atoms with E-state index >= 15 is 0 Å². The van der Waals surface area contributed by atoms with Gasteiger partial charge in [-0.05, 0) is 60.7 Å². The van der Waals surface area contributed by atoms with Crippen molar-refractivity contribution in [1.82, 2.24) is 0 Å². The molecule has 0 saturated heterocycles. The maximum atomic E-state index is 13.6. The summed E-state index contributed by atoms with van der Waals surface area (Å²) in [5, 5.41) is 0.558. The molecule has 0 spiro atoms. The van der Waals surface area contributed by atoms with Gasteiger partial charge in [0.15, 0.2) is 11.5 Å². The fraction of sp³-hybridized carbons (Fsp3) is 0.276. The fourth-order valence-corrected chi connectivity index (χ4v) is 4.44. The number of benzene rings is 3. The predicted octanol–water partition coefficient (Wildman–Crippen LogP) is 6.38. The van der Waals surface area contributed by atoms with Crippen LogP contribution in [0.15, 0.2) is 63.8 Å². The van der Waals surface area contributed by atoms with E-state index < -0.39 is 0 Å². The minimum atomic E-state index is -0.0572. The van der Waals surface area contributed by atoms with E-state index in [1.54, 1.807) is 0 Å². The van der Waals surface area contributed by atoms with Gasteiger partial charge in [0.05, 0.1) is 10.9 Å². The summed E-state index contributed by atoms with van der Waals surface area (Å²) >= 11 is 0. The highest BCUT2D eigenvalue weighted by molar-refractivity contribution is 5.85. The smallest absolute Gasteiger partial charge is 0.200 e. The van der Waals surface area contributed by atoms with Crippen LogP contribution in [0.5, 0.6) is 17.2 Å². The molecule has 34 heavy (non-hydrogen) atoms. The standard InChI is InChI=1S/C29H28O5/c1-4-7-20-14-23-26(16-25(20)33-17-22-9-6-5-8-18(22)2)34-19(3)28(29(23)30)21-10-11-24-27(15-21)32-13-12-31-24/h5-6,8-11,14-16H,4,7,12-13,17H2,1-3H3. The van der Waals surface area contributed by atoms with E-state index in [0.717, 1.165) is 35.3 Å². The molecule has 5 heteroatoms. The molecule has 0 unspecified atom stereocenters. The zero-order valence-corrected chi connectivity index (χ0v) is 19.8. The average molecular weight is 457 g/mol. The Bertz CT molecular complexity index is 1420. The summed E-state index contributed by atoms with van der Waals surface area (Å²) in [6.45, 7) is 7.50. The number of hydrogen-bond acceptors (Lipinski definition) is 5. The molecule has 0 amide bonds. The summed E-state index contributed by atoms with van der Waals surface area (Å²) in [5.74, 6) is 2.65. The van der Waals surface area contributed by atoms with Crippen molar-refractivity contribution in [2.45, 2.75) is 40.2 Å². The maximum Gasteiger partial charge on any atom is 0.200 e. The largest absolute Gasteiger partial charge is 0.488 e. The minimum absolute atomic E-state index is 0.0572. The highest BCUT2D eigenvalue weighted by Crippen LogP contribution is 2.36. The molecule has 5 nitrogen and oxygen atoms in total. The lowest BCUT2D eigenvalue weighted by Crippen LogP contribution is -2.15. The topological polar surface area (TPSA) is 57.9 Å². The number of hydrogen-bond donors (Lipinski definition) is 0. The number of ether oxygens (including phenoxy) is 3. The van der Waals surface area contributed by atoms with Gasteiger partial charge in [-0.3, -0.25) is 4.79 Å². The zero-order valence-electron chi connectivity index (χ0n) is 19.8. The first kappa shape index (κ1) is 22.1. The van der Waals surface area contributed by atoms with E-state index in [1.807, 2.05) is 49.4 Å². The Labute approximate surface area is 198 Å². The Morgan fingerprint density at radius 2 is 1.71 bits per heavy atom. The Kier molecular flexibility index (Phi) is 6.01. The number of rotatable bonds is 6. The summed E-state index contributed by atoms with van der Waals surface area (Å²) in [4.78, 5) is 13.6. The molecule has 1 aliphatic heterocycles. The normalized spacial score (nSPS) is 12.7. The van der Waals surface area contributed by atoms with Crippen molar-refractivity contribution in [3.8, 4) is 28.4 Å². The summed E-state index contributed by atoms with van der Waals surface area (Å²) in [7, 11) is 0. The molecule has 2 heterocycles. The minimum Gasteiger partial charge on any atom is -0.488 e. The molecule has 0 radical (unpaired) electrons. The molecule has 4 aromatic rings. The van der Waals surface area contributed by atoms with E-state index in [-0.39, 0.29) is 5.43 Å². The Morgan fingerprint density at radius 1 is 0.912 bits per heavy atom. The first-order valence-electron chi connectivity index (χ1n) is 11.7. The third-order valence-electron chi connectivity index (χ3n) is 6.24. The van der Waals surface area contributed by atoms with Gasteiger partial charge in [-0.15, -0.1) is 0 Å². The lowest BCUT2D eigenvalue weighted by atomic mass is 9.99. The van der Waals surface area contributed by atoms with Crippen LogP contribution in [0.25, 0.3) is 22.1 Å². The molecule has 3 aromatic carbocycles. The first-order valence-corrected chi connectivity index (χ1v) is 11.7. The average Bonchev–Trinajstić information content (AvgIpc) is 2.84. The van der Waals surface area contributed by atoms with E-state index in [9.17, 15) is 4.79 Å². The van der Waals surface area contributed by atoms with E-state index in [2.05, 4.69) is 26.0 Å². The Morgan fingerprint density at radius 3 is 2.50 bits per heavy atom. The van der Waals surface area contributed by atoms with Crippen molar-refractivity contribution in [3.63, 3.8) is 0 Å². The van der Waals surface area contributed by atoms with Gasteiger partial charge in [-0.2, -0.15) is 0 Å². The SMILES string of the molecule is CCCc1cc2c(=O)c(-c3ccc4c(c3)OCCO4)c(C)oc2cc1OCc1ccccc1C. The molecule has 1 aromatic heterocycles. The van der Waals surface area contributed by atoms with Gasteiger partial charge in [-0.1, -0.05) is 43.7 Å². The third-order valence-corrected chi connectivity index (χ3v) is 6.24. The fourth-order valence-electron chi connectivity index (χ4n) is 4.44. The second-order valence-corrected chi connectivity index (χ2v) is 8.64. The number of fused-ring (bicyclic) bond motifs is 2. The summed E-state index contributed by atoms with van der Waals surface area (Å²) < 4.78 is 23.7. The van der Waals surface area contributed by atoms with Crippen LogP contribution in [0.1, 0.15) is 35.8 Å². The van der Waals surface area contributed by atoms with Crippen LogP contribution in [-0.2, 0) is 13.0 Å². The quantitative estimate of drug-likeness (QED) is 0.337. The van der Waals surface area contributed by atoms with Crippen LogP contribution >= 0.6 is 0 Å². The van der Waals surface area contributed by atoms with Crippen molar-refractivity contribution >= 4 is 11.0 Å². The van der Waals surface area contributed by atoms with Crippen LogP contribution in [0.3, 0.4) is 0 Å². The van der Waals surface area contributed by atoms with Crippen molar-refractivity contribution < 1.29 is 18.6 Å². The van der Waals surface area contributed by atoms with Gasteiger partial charge in [0.1, 0.15) is 36.9 Å². The summed E-state index contributed by atoms with van der Waals surface area (Å²) in [6.07, 6.45) is 1.75. The van der Waals surface area contributed by atoms with Crippen molar-refractivity contribution in [2.24, 2.45) is 0 Å². The van der Waals surface area contributed by atoms with Gasteiger partial charge >= 0.3 is 0 Å².